The second kappa shape index (κ2) is 8.57. The molecule has 0 bridgehead atoms. The topological polar surface area (TPSA) is 127 Å². The van der Waals surface area contributed by atoms with Gasteiger partial charge in [-0.1, -0.05) is 18.2 Å². The summed E-state index contributed by atoms with van der Waals surface area (Å²) in [6.07, 6.45) is 4.95. The van der Waals surface area contributed by atoms with Crippen molar-refractivity contribution < 1.29 is 14.3 Å². The molecule has 4 N–H and O–H groups in total. The molecule has 0 saturated heterocycles. The van der Waals surface area contributed by atoms with E-state index in [9.17, 15) is 14.4 Å². The second-order valence-corrected chi connectivity index (χ2v) is 8.14. The molecule has 1 amide bonds. The second-order valence-electron chi connectivity index (χ2n) is 6.07. The number of aryl methyl sites for hydroxylation is 1. The van der Waals surface area contributed by atoms with Crippen molar-refractivity contribution in [2.45, 2.75) is 37.3 Å². The zero-order valence-electron chi connectivity index (χ0n) is 14.8. The van der Waals surface area contributed by atoms with Crippen LogP contribution in [0.2, 0.25) is 0 Å². The summed E-state index contributed by atoms with van der Waals surface area (Å²) in [4.78, 5) is 43.7. The summed E-state index contributed by atoms with van der Waals surface area (Å²) < 4.78 is 4.93. The van der Waals surface area contributed by atoms with Gasteiger partial charge in [-0.25, -0.2) is 9.78 Å². The number of carbonyl (C=O) groups excluding carboxylic acids is 2. The highest BCUT2D eigenvalue weighted by Gasteiger charge is 2.26. The van der Waals surface area contributed by atoms with Crippen molar-refractivity contribution in [1.29, 1.82) is 0 Å². The van der Waals surface area contributed by atoms with Crippen LogP contribution >= 0.6 is 23.1 Å². The summed E-state index contributed by atoms with van der Waals surface area (Å²) in [7, 11) is 1.34. The number of carbonyl (C=O) groups is 2. The molecule has 0 spiro atoms. The molecule has 144 valence electrons. The molecule has 1 aliphatic carbocycles. The van der Waals surface area contributed by atoms with E-state index in [1.165, 1.54) is 24.5 Å². The third-order valence-corrected chi connectivity index (χ3v) is 6.22. The van der Waals surface area contributed by atoms with Crippen LogP contribution in [0, 0.1) is 0 Å². The lowest BCUT2D eigenvalue weighted by atomic mass is 10.1. The van der Waals surface area contributed by atoms with Crippen LogP contribution in [-0.2, 0) is 22.4 Å². The fourth-order valence-corrected chi connectivity index (χ4v) is 4.94. The molecule has 8 nitrogen and oxygen atoms in total. The maximum Gasteiger partial charge on any atom is 0.341 e. The Kier molecular flexibility index (Phi) is 6.17. The van der Waals surface area contributed by atoms with E-state index in [1.54, 1.807) is 0 Å². The molecular weight excluding hydrogens is 388 g/mol. The first-order valence-electron chi connectivity index (χ1n) is 8.50. The molecule has 0 fully saturated rings. The highest BCUT2D eigenvalue weighted by molar-refractivity contribution is 7.99. The molecule has 2 aromatic heterocycles. The number of hydrogen-bond acceptors (Lipinski definition) is 8. The number of thioether (sulfide) groups is 1. The van der Waals surface area contributed by atoms with E-state index in [-0.39, 0.29) is 28.2 Å². The molecule has 0 aliphatic heterocycles. The average molecular weight is 409 g/mol. The maximum absolute atomic E-state index is 12.4. The van der Waals surface area contributed by atoms with Crippen LogP contribution in [0.3, 0.4) is 0 Å². The van der Waals surface area contributed by atoms with Gasteiger partial charge in [0.25, 0.3) is 5.56 Å². The highest BCUT2D eigenvalue weighted by atomic mass is 32.2. The number of fused-ring (bicyclic) bond motifs is 1. The Bertz CT molecular complexity index is 922. The van der Waals surface area contributed by atoms with E-state index < -0.39 is 5.97 Å². The number of nitrogens with zero attached hydrogens (tertiary/aromatic N) is 1. The van der Waals surface area contributed by atoms with Crippen molar-refractivity contribution in [3.63, 3.8) is 0 Å². The van der Waals surface area contributed by atoms with E-state index in [0.29, 0.717) is 10.6 Å². The lowest BCUT2D eigenvalue weighted by Gasteiger charge is -2.07. The Labute approximate surface area is 163 Å². The van der Waals surface area contributed by atoms with Crippen LogP contribution in [0.1, 0.15) is 40.1 Å². The molecule has 3 rings (SSSR count). The van der Waals surface area contributed by atoms with Gasteiger partial charge < -0.3 is 20.8 Å². The van der Waals surface area contributed by atoms with E-state index in [4.69, 9.17) is 10.5 Å². The molecule has 2 aromatic rings. The fourth-order valence-electron chi connectivity index (χ4n) is 2.97. The predicted octanol–water partition coefficient (Wildman–Crippen LogP) is 2.20. The molecular formula is C17H20N4O4S2. The van der Waals surface area contributed by atoms with Gasteiger partial charge >= 0.3 is 5.97 Å². The van der Waals surface area contributed by atoms with Crippen molar-refractivity contribution >= 4 is 45.8 Å². The van der Waals surface area contributed by atoms with Gasteiger partial charge in [-0.2, -0.15) is 0 Å². The first-order valence-corrected chi connectivity index (χ1v) is 10.3. The largest absolute Gasteiger partial charge is 0.465 e. The number of nitrogens with one attached hydrogen (secondary N) is 2. The van der Waals surface area contributed by atoms with Gasteiger partial charge in [0.05, 0.1) is 18.4 Å². The molecule has 2 heterocycles. The first-order chi connectivity index (χ1) is 13.0. The lowest BCUT2D eigenvalue weighted by molar-refractivity contribution is -0.113. The number of thiophene rings is 1. The number of H-pyrrole nitrogens is 1. The number of rotatable bonds is 5. The van der Waals surface area contributed by atoms with E-state index in [2.05, 4.69) is 15.3 Å². The fraction of sp³-hybridized carbons (Fsp3) is 0.412. The zero-order valence-corrected chi connectivity index (χ0v) is 16.4. The van der Waals surface area contributed by atoms with Crippen molar-refractivity contribution in [2.75, 3.05) is 23.9 Å². The van der Waals surface area contributed by atoms with Gasteiger partial charge in [-0.15, -0.1) is 11.3 Å². The van der Waals surface area contributed by atoms with Gasteiger partial charge in [0.1, 0.15) is 10.8 Å². The number of anilines is 2. The van der Waals surface area contributed by atoms with Crippen LogP contribution in [0.25, 0.3) is 0 Å². The molecule has 27 heavy (non-hydrogen) atoms. The highest BCUT2D eigenvalue weighted by Crippen LogP contribution is 2.38. The number of aromatic nitrogens is 2. The Morgan fingerprint density at radius 2 is 2.15 bits per heavy atom. The van der Waals surface area contributed by atoms with Crippen molar-refractivity contribution in [2.24, 2.45) is 0 Å². The van der Waals surface area contributed by atoms with E-state index in [0.717, 1.165) is 54.3 Å². The molecule has 10 heteroatoms. The van der Waals surface area contributed by atoms with Gasteiger partial charge in [-0.05, 0) is 31.2 Å². The van der Waals surface area contributed by atoms with Crippen LogP contribution in [0.4, 0.5) is 10.8 Å². The predicted molar refractivity (Wildman–Crippen MR) is 106 cm³/mol. The summed E-state index contributed by atoms with van der Waals surface area (Å²) >= 11 is 2.50. The standard InChI is InChI=1S/C17H20N4O4S2/c1-25-16(24)14-9-5-3-2-4-6-10(9)27-15(14)20-13(23)8-26-17-19-11(18)7-12(22)21-17/h7H,2-6,8H2,1H3,(H,20,23)(H3,18,19,21,22). The quantitative estimate of drug-likeness (QED) is 0.299. The van der Waals surface area contributed by atoms with Crippen LogP contribution in [0.15, 0.2) is 16.0 Å². The molecule has 0 atom stereocenters. The van der Waals surface area contributed by atoms with Gasteiger partial charge in [-0.3, -0.25) is 9.59 Å². The summed E-state index contributed by atoms with van der Waals surface area (Å²) in [5.74, 6) is -0.613. The normalized spacial score (nSPS) is 13.5. The zero-order chi connectivity index (χ0) is 19.4. The lowest BCUT2D eigenvalue weighted by Crippen LogP contribution is -2.17. The Balaban J connectivity index is 1.75. The smallest absolute Gasteiger partial charge is 0.341 e. The number of ether oxygens (including phenoxy) is 1. The van der Waals surface area contributed by atoms with Crippen molar-refractivity contribution in [3.8, 4) is 0 Å². The molecule has 0 aromatic carbocycles. The molecule has 0 radical (unpaired) electrons. The number of aromatic amines is 1. The average Bonchev–Trinajstić information content (AvgIpc) is 2.79. The van der Waals surface area contributed by atoms with Gasteiger partial charge in [0, 0.05) is 10.9 Å². The summed E-state index contributed by atoms with van der Waals surface area (Å²) in [6, 6.07) is 1.17. The minimum Gasteiger partial charge on any atom is -0.465 e. The van der Waals surface area contributed by atoms with Crippen LogP contribution in [0.5, 0.6) is 0 Å². The number of hydrogen-bond donors (Lipinski definition) is 3. The Morgan fingerprint density at radius 3 is 2.89 bits per heavy atom. The third kappa shape index (κ3) is 4.69. The van der Waals surface area contributed by atoms with Crippen molar-refractivity contribution in [1.82, 2.24) is 9.97 Å². The number of methoxy groups -OCH3 is 1. The van der Waals surface area contributed by atoms with E-state index in [1.807, 2.05) is 0 Å². The Morgan fingerprint density at radius 1 is 1.37 bits per heavy atom. The van der Waals surface area contributed by atoms with Crippen molar-refractivity contribution in [3.05, 3.63) is 32.4 Å². The molecule has 0 unspecified atom stereocenters. The summed E-state index contributed by atoms with van der Waals surface area (Å²) in [5, 5.41) is 3.60. The molecule has 1 aliphatic rings. The monoisotopic (exact) mass is 408 g/mol. The number of nitrogen functional groups attached to an aromatic ring is 1. The number of nitrogens with two attached hydrogens (primary N) is 1. The number of amides is 1. The summed E-state index contributed by atoms with van der Waals surface area (Å²) in [5.41, 5.74) is 6.62. The van der Waals surface area contributed by atoms with E-state index >= 15 is 0 Å². The summed E-state index contributed by atoms with van der Waals surface area (Å²) in [6.45, 7) is 0. The number of esters is 1. The molecule has 0 saturated carbocycles. The first kappa shape index (κ1) is 19.4. The minimum absolute atomic E-state index is 0.0234. The van der Waals surface area contributed by atoms with Crippen LogP contribution in [-0.4, -0.2) is 34.7 Å². The van der Waals surface area contributed by atoms with Gasteiger partial charge in [0.2, 0.25) is 5.91 Å². The Hall–Kier alpha value is -2.33. The van der Waals surface area contributed by atoms with Gasteiger partial charge in [0.15, 0.2) is 5.16 Å². The minimum atomic E-state index is -0.431. The third-order valence-electron chi connectivity index (χ3n) is 4.14. The van der Waals surface area contributed by atoms with Crippen LogP contribution < -0.4 is 16.6 Å². The maximum atomic E-state index is 12.4. The SMILES string of the molecule is COC(=O)c1c(NC(=O)CSc2nc(N)cc(=O)[nH]2)sc2c1CCCCC2.